The maximum Gasteiger partial charge on any atom is 0.0634 e. The molecular formula is C14H20OS. The van der Waals surface area contributed by atoms with E-state index in [0.717, 1.165) is 18.1 Å². The van der Waals surface area contributed by atoms with Gasteiger partial charge in [0, 0.05) is 10.6 Å². The highest BCUT2D eigenvalue weighted by Crippen LogP contribution is 2.34. The Morgan fingerprint density at radius 3 is 2.81 bits per heavy atom. The molecule has 1 unspecified atom stereocenters. The number of thioether (sulfide) groups is 1. The molecule has 16 heavy (non-hydrogen) atoms. The molecule has 0 radical (unpaired) electrons. The minimum absolute atomic E-state index is 0.134. The van der Waals surface area contributed by atoms with E-state index >= 15 is 0 Å². The summed E-state index contributed by atoms with van der Waals surface area (Å²) < 4.78 is 0. The van der Waals surface area contributed by atoms with E-state index in [2.05, 4.69) is 31.2 Å². The molecule has 1 aliphatic rings. The normalized spacial score (nSPS) is 17.4. The van der Waals surface area contributed by atoms with Gasteiger partial charge in [-0.3, -0.25) is 0 Å². The summed E-state index contributed by atoms with van der Waals surface area (Å²) in [6.07, 6.45) is 4.83. The summed E-state index contributed by atoms with van der Waals surface area (Å²) in [6.45, 7) is 2.12. The van der Waals surface area contributed by atoms with Crippen molar-refractivity contribution in [1.29, 1.82) is 0 Å². The molecule has 2 rings (SSSR count). The van der Waals surface area contributed by atoms with E-state index in [9.17, 15) is 5.11 Å². The summed E-state index contributed by atoms with van der Waals surface area (Å²) in [7, 11) is 0. The quantitative estimate of drug-likeness (QED) is 0.761. The molecule has 1 atom stereocenters. The van der Waals surface area contributed by atoms with Crippen LogP contribution in [0, 0.1) is 12.8 Å². The molecule has 0 aromatic heterocycles. The van der Waals surface area contributed by atoms with E-state index in [-0.39, 0.29) is 6.10 Å². The van der Waals surface area contributed by atoms with Gasteiger partial charge in [-0.25, -0.2) is 0 Å². The first kappa shape index (κ1) is 12.0. The maximum atomic E-state index is 9.86. The van der Waals surface area contributed by atoms with Gasteiger partial charge in [0.1, 0.15) is 0 Å². The topological polar surface area (TPSA) is 20.2 Å². The molecule has 0 amide bonds. The minimum atomic E-state index is -0.134. The van der Waals surface area contributed by atoms with Gasteiger partial charge >= 0.3 is 0 Å². The van der Waals surface area contributed by atoms with Crippen LogP contribution >= 0.6 is 11.8 Å². The Balaban J connectivity index is 1.71. The number of benzene rings is 1. The first-order valence-electron chi connectivity index (χ1n) is 6.12. The predicted octanol–water partition coefficient (Wildman–Crippen LogP) is 3.64. The molecule has 1 saturated carbocycles. The van der Waals surface area contributed by atoms with E-state index in [4.69, 9.17) is 0 Å². The van der Waals surface area contributed by atoms with Crippen LogP contribution in [0.2, 0.25) is 0 Å². The molecule has 2 heteroatoms. The smallest absolute Gasteiger partial charge is 0.0634 e. The first-order valence-corrected chi connectivity index (χ1v) is 7.11. The molecule has 1 aromatic rings. The van der Waals surface area contributed by atoms with E-state index in [1.807, 2.05) is 0 Å². The van der Waals surface area contributed by atoms with Crippen LogP contribution in [0.4, 0.5) is 0 Å². The van der Waals surface area contributed by atoms with Crippen LogP contribution in [0.3, 0.4) is 0 Å². The van der Waals surface area contributed by atoms with Crippen LogP contribution in [-0.4, -0.2) is 17.0 Å². The van der Waals surface area contributed by atoms with E-state index in [0.29, 0.717) is 0 Å². The Hall–Kier alpha value is -0.470. The zero-order valence-corrected chi connectivity index (χ0v) is 10.7. The SMILES string of the molecule is Cc1ccccc1SCC(O)CCC1CC1. The second-order valence-electron chi connectivity index (χ2n) is 4.75. The molecule has 1 fully saturated rings. The number of rotatable bonds is 6. The third-order valence-electron chi connectivity index (χ3n) is 3.13. The summed E-state index contributed by atoms with van der Waals surface area (Å²) in [5.41, 5.74) is 1.31. The van der Waals surface area contributed by atoms with Crippen molar-refractivity contribution < 1.29 is 5.11 Å². The Morgan fingerprint density at radius 1 is 1.38 bits per heavy atom. The second kappa shape index (κ2) is 5.74. The van der Waals surface area contributed by atoms with Crippen LogP contribution in [0.15, 0.2) is 29.2 Å². The number of hydrogen-bond donors (Lipinski definition) is 1. The van der Waals surface area contributed by atoms with Crippen molar-refractivity contribution in [3.63, 3.8) is 0 Å². The number of aryl methyl sites for hydroxylation is 1. The molecule has 0 aliphatic heterocycles. The van der Waals surface area contributed by atoms with Crippen LogP contribution in [0.1, 0.15) is 31.2 Å². The van der Waals surface area contributed by atoms with Crippen LogP contribution in [-0.2, 0) is 0 Å². The molecule has 1 aliphatic carbocycles. The standard InChI is InChI=1S/C14H20OS/c1-11-4-2-3-5-14(11)16-10-13(15)9-8-12-6-7-12/h2-5,12-13,15H,6-10H2,1H3. The molecular weight excluding hydrogens is 216 g/mol. The molecule has 0 heterocycles. The van der Waals surface area contributed by atoms with Gasteiger partial charge in [-0.05, 0) is 37.3 Å². The van der Waals surface area contributed by atoms with Crippen molar-refractivity contribution in [1.82, 2.24) is 0 Å². The molecule has 1 N–H and O–H groups in total. The van der Waals surface area contributed by atoms with Crippen LogP contribution in [0.5, 0.6) is 0 Å². The fraction of sp³-hybridized carbons (Fsp3) is 0.571. The lowest BCUT2D eigenvalue weighted by Gasteiger charge is -2.10. The zero-order valence-electron chi connectivity index (χ0n) is 9.86. The molecule has 1 aromatic carbocycles. The zero-order chi connectivity index (χ0) is 11.4. The molecule has 0 spiro atoms. The van der Waals surface area contributed by atoms with E-state index in [1.54, 1.807) is 11.8 Å². The van der Waals surface area contributed by atoms with Crippen LogP contribution < -0.4 is 0 Å². The van der Waals surface area contributed by atoms with Crippen molar-refractivity contribution in [2.75, 3.05) is 5.75 Å². The highest BCUT2D eigenvalue weighted by molar-refractivity contribution is 7.99. The largest absolute Gasteiger partial charge is 0.392 e. The first-order chi connectivity index (χ1) is 7.75. The van der Waals surface area contributed by atoms with Gasteiger partial charge in [0.25, 0.3) is 0 Å². The number of aliphatic hydroxyl groups excluding tert-OH is 1. The fourth-order valence-electron chi connectivity index (χ4n) is 1.82. The lowest BCUT2D eigenvalue weighted by Crippen LogP contribution is -2.09. The minimum Gasteiger partial charge on any atom is -0.392 e. The lowest BCUT2D eigenvalue weighted by molar-refractivity contribution is 0.184. The van der Waals surface area contributed by atoms with Gasteiger partial charge in [-0.15, -0.1) is 11.8 Å². The Bertz CT molecular complexity index is 333. The second-order valence-corrected chi connectivity index (χ2v) is 5.81. The van der Waals surface area contributed by atoms with Gasteiger partial charge in [-0.2, -0.15) is 0 Å². The lowest BCUT2D eigenvalue weighted by atomic mass is 10.1. The highest BCUT2D eigenvalue weighted by Gasteiger charge is 2.21. The van der Waals surface area contributed by atoms with Crippen molar-refractivity contribution in [2.45, 2.75) is 43.6 Å². The monoisotopic (exact) mass is 236 g/mol. The van der Waals surface area contributed by atoms with Crippen molar-refractivity contribution in [2.24, 2.45) is 5.92 Å². The average molecular weight is 236 g/mol. The van der Waals surface area contributed by atoms with Gasteiger partial charge < -0.3 is 5.11 Å². The molecule has 88 valence electrons. The van der Waals surface area contributed by atoms with Crippen LogP contribution in [0.25, 0.3) is 0 Å². The van der Waals surface area contributed by atoms with Gasteiger partial charge in [0.2, 0.25) is 0 Å². The molecule has 0 bridgehead atoms. The summed E-state index contributed by atoms with van der Waals surface area (Å²) in [5.74, 6) is 1.76. The molecule has 0 saturated heterocycles. The maximum absolute atomic E-state index is 9.86. The number of aliphatic hydroxyl groups is 1. The summed E-state index contributed by atoms with van der Waals surface area (Å²) in [6, 6.07) is 8.38. The third-order valence-corrected chi connectivity index (χ3v) is 4.45. The summed E-state index contributed by atoms with van der Waals surface area (Å²) in [5, 5.41) is 9.86. The molecule has 1 nitrogen and oxygen atoms in total. The Morgan fingerprint density at radius 2 is 2.12 bits per heavy atom. The van der Waals surface area contributed by atoms with Crippen molar-refractivity contribution in [3.8, 4) is 0 Å². The fourth-order valence-corrected chi connectivity index (χ4v) is 2.83. The van der Waals surface area contributed by atoms with Gasteiger partial charge in [0.05, 0.1) is 6.10 Å². The van der Waals surface area contributed by atoms with Crippen molar-refractivity contribution >= 4 is 11.8 Å². The predicted molar refractivity (Wildman–Crippen MR) is 69.9 cm³/mol. The highest BCUT2D eigenvalue weighted by atomic mass is 32.2. The average Bonchev–Trinajstić information content (AvgIpc) is 3.09. The Labute approximate surface area is 102 Å². The van der Waals surface area contributed by atoms with E-state index in [1.165, 1.54) is 29.7 Å². The van der Waals surface area contributed by atoms with Crippen molar-refractivity contribution in [3.05, 3.63) is 29.8 Å². The van der Waals surface area contributed by atoms with E-state index < -0.39 is 0 Å². The summed E-state index contributed by atoms with van der Waals surface area (Å²) >= 11 is 1.78. The number of hydrogen-bond acceptors (Lipinski definition) is 2. The third kappa shape index (κ3) is 3.84. The van der Waals surface area contributed by atoms with Gasteiger partial charge in [0.15, 0.2) is 0 Å². The Kier molecular flexibility index (Phi) is 4.30. The summed E-state index contributed by atoms with van der Waals surface area (Å²) in [4.78, 5) is 1.30. The van der Waals surface area contributed by atoms with Gasteiger partial charge in [-0.1, -0.05) is 31.0 Å².